The molecule has 110 valence electrons. The number of sulfone groups is 1. The number of benzene rings is 1. The zero-order chi connectivity index (χ0) is 14.2. The Hall–Kier alpha value is -0.230. The van der Waals surface area contributed by atoms with Crippen molar-refractivity contribution < 1.29 is 8.42 Å². The van der Waals surface area contributed by atoms with Gasteiger partial charge < -0.3 is 5.32 Å². The van der Waals surface area contributed by atoms with E-state index >= 15 is 0 Å². The van der Waals surface area contributed by atoms with E-state index in [1.165, 1.54) is 10.5 Å². The molecule has 0 aromatic heterocycles. The smallest absolute Gasteiger partial charge is 0.150 e. The molecule has 2 heterocycles. The number of nitrogens with one attached hydrogen (secondary N) is 1. The maximum atomic E-state index is 11.5. The molecule has 2 aliphatic rings. The molecule has 0 saturated carbocycles. The second kappa shape index (κ2) is 5.87. The van der Waals surface area contributed by atoms with Gasteiger partial charge in [0.1, 0.15) is 0 Å². The van der Waals surface area contributed by atoms with Crippen molar-refractivity contribution >= 4 is 33.2 Å². The van der Waals surface area contributed by atoms with Crippen molar-refractivity contribution in [3.63, 3.8) is 0 Å². The van der Waals surface area contributed by atoms with Gasteiger partial charge >= 0.3 is 0 Å². The third kappa shape index (κ3) is 3.32. The lowest BCUT2D eigenvalue weighted by atomic mass is 10.0. The van der Waals surface area contributed by atoms with E-state index < -0.39 is 9.84 Å². The molecule has 0 spiro atoms. The third-order valence-corrected chi connectivity index (χ3v) is 7.19. The summed E-state index contributed by atoms with van der Waals surface area (Å²) in [6.07, 6.45) is 1.86. The second-order valence-electron chi connectivity index (χ2n) is 5.55. The zero-order valence-corrected chi connectivity index (χ0v) is 13.5. The second-order valence-corrected chi connectivity index (χ2v) is 9.35. The maximum absolute atomic E-state index is 11.5. The lowest BCUT2D eigenvalue weighted by Gasteiger charge is -2.27. The van der Waals surface area contributed by atoms with E-state index in [1.54, 1.807) is 0 Å². The molecule has 2 unspecified atom stereocenters. The van der Waals surface area contributed by atoms with Crippen LogP contribution in [0, 0.1) is 5.92 Å². The molecule has 0 aliphatic carbocycles. The van der Waals surface area contributed by atoms with Crippen molar-refractivity contribution in [2.24, 2.45) is 5.92 Å². The van der Waals surface area contributed by atoms with Gasteiger partial charge in [-0.25, -0.2) is 8.42 Å². The summed E-state index contributed by atoms with van der Waals surface area (Å²) in [6, 6.07) is 6.34. The normalized spacial score (nSPS) is 28.2. The Morgan fingerprint density at radius 2 is 2.20 bits per heavy atom. The standard InChI is InChI=1S/C14H18ClNO2S2/c15-11-1-2-14-12(7-11)13(3-5-19-14)16-8-10-4-6-20(17,18)9-10/h1-2,7,10,13,16H,3-6,8-9H2. The van der Waals surface area contributed by atoms with E-state index in [9.17, 15) is 8.42 Å². The third-order valence-electron chi connectivity index (χ3n) is 3.99. The van der Waals surface area contributed by atoms with Crippen molar-refractivity contribution in [1.29, 1.82) is 0 Å². The molecule has 0 bridgehead atoms. The summed E-state index contributed by atoms with van der Waals surface area (Å²) in [5.74, 6) is 2.04. The van der Waals surface area contributed by atoms with Gasteiger partial charge in [0.2, 0.25) is 0 Å². The summed E-state index contributed by atoms with van der Waals surface area (Å²) >= 11 is 7.95. The fourth-order valence-electron chi connectivity index (χ4n) is 2.92. The Labute approximate surface area is 129 Å². The van der Waals surface area contributed by atoms with Crippen LogP contribution in [0.4, 0.5) is 0 Å². The van der Waals surface area contributed by atoms with Crippen LogP contribution in [0.5, 0.6) is 0 Å². The molecule has 1 N–H and O–H groups in total. The minimum absolute atomic E-state index is 0.261. The number of hydrogen-bond donors (Lipinski definition) is 1. The maximum Gasteiger partial charge on any atom is 0.150 e. The van der Waals surface area contributed by atoms with Crippen LogP contribution >= 0.6 is 23.4 Å². The van der Waals surface area contributed by atoms with Crippen LogP contribution in [0.1, 0.15) is 24.4 Å². The van der Waals surface area contributed by atoms with Crippen LogP contribution in [0.15, 0.2) is 23.1 Å². The van der Waals surface area contributed by atoms with Crippen molar-refractivity contribution in [1.82, 2.24) is 5.32 Å². The summed E-state index contributed by atoms with van der Waals surface area (Å²) in [7, 11) is -2.78. The Kier molecular flexibility index (Phi) is 4.32. The zero-order valence-electron chi connectivity index (χ0n) is 11.1. The monoisotopic (exact) mass is 331 g/mol. The minimum Gasteiger partial charge on any atom is -0.310 e. The molecule has 20 heavy (non-hydrogen) atoms. The summed E-state index contributed by atoms with van der Waals surface area (Å²) in [6.45, 7) is 0.778. The number of halogens is 1. The Bertz CT molecular complexity index is 603. The predicted octanol–water partition coefficient (Wildman–Crippen LogP) is 2.90. The molecule has 2 aliphatic heterocycles. The van der Waals surface area contributed by atoms with Gasteiger partial charge in [-0.05, 0) is 54.8 Å². The van der Waals surface area contributed by atoms with Gasteiger partial charge in [0, 0.05) is 16.0 Å². The van der Waals surface area contributed by atoms with Crippen LogP contribution in [-0.4, -0.2) is 32.2 Å². The average molecular weight is 332 g/mol. The van der Waals surface area contributed by atoms with Gasteiger partial charge in [-0.3, -0.25) is 0 Å². The van der Waals surface area contributed by atoms with E-state index in [0.29, 0.717) is 17.5 Å². The van der Waals surface area contributed by atoms with Gasteiger partial charge in [0.25, 0.3) is 0 Å². The largest absolute Gasteiger partial charge is 0.310 e. The Balaban J connectivity index is 1.66. The van der Waals surface area contributed by atoms with Gasteiger partial charge in [0.15, 0.2) is 9.84 Å². The van der Waals surface area contributed by atoms with E-state index in [1.807, 2.05) is 23.9 Å². The highest BCUT2D eigenvalue weighted by Gasteiger charge is 2.29. The molecule has 1 aromatic rings. The molecule has 6 heteroatoms. The Morgan fingerprint density at radius 1 is 1.35 bits per heavy atom. The molecule has 1 fully saturated rings. The van der Waals surface area contributed by atoms with Crippen molar-refractivity contribution in [3.8, 4) is 0 Å². The molecule has 3 rings (SSSR count). The molecule has 0 radical (unpaired) electrons. The summed E-state index contributed by atoms with van der Waals surface area (Å²) in [4.78, 5) is 1.29. The summed E-state index contributed by atoms with van der Waals surface area (Å²) in [5.41, 5.74) is 1.26. The van der Waals surface area contributed by atoms with Crippen LogP contribution in [0.2, 0.25) is 5.02 Å². The number of rotatable bonds is 3. The predicted molar refractivity (Wildman–Crippen MR) is 84.3 cm³/mol. The highest BCUT2D eigenvalue weighted by Crippen LogP contribution is 2.37. The fourth-order valence-corrected chi connectivity index (χ4v) is 6.07. The quantitative estimate of drug-likeness (QED) is 0.925. The lowest BCUT2D eigenvalue weighted by Crippen LogP contribution is -2.30. The fraction of sp³-hybridized carbons (Fsp3) is 0.571. The Morgan fingerprint density at radius 3 is 2.95 bits per heavy atom. The summed E-state index contributed by atoms with van der Waals surface area (Å²) < 4.78 is 23.0. The van der Waals surface area contributed by atoms with Gasteiger partial charge in [-0.15, -0.1) is 11.8 Å². The van der Waals surface area contributed by atoms with E-state index in [2.05, 4.69) is 11.4 Å². The summed E-state index contributed by atoms with van der Waals surface area (Å²) in [5, 5.41) is 4.31. The SMILES string of the molecule is O=S1(=O)CCC(CNC2CCSc3ccc(Cl)cc32)C1. The van der Waals surface area contributed by atoms with E-state index in [4.69, 9.17) is 11.6 Å². The van der Waals surface area contributed by atoms with E-state index in [0.717, 1.165) is 30.2 Å². The first-order valence-corrected chi connectivity index (χ1v) is 10.1. The molecule has 0 amide bonds. The molecular weight excluding hydrogens is 314 g/mol. The van der Waals surface area contributed by atoms with E-state index in [-0.39, 0.29) is 5.92 Å². The molecule has 1 aromatic carbocycles. The van der Waals surface area contributed by atoms with Crippen LogP contribution in [0.25, 0.3) is 0 Å². The van der Waals surface area contributed by atoms with Crippen LogP contribution in [0.3, 0.4) is 0 Å². The first-order valence-electron chi connectivity index (χ1n) is 6.89. The lowest BCUT2D eigenvalue weighted by molar-refractivity contribution is 0.445. The number of fused-ring (bicyclic) bond motifs is 1. The minimum atomic E-state index is -2.78. The highest BCUT2D eigenvalue weighted by molar-refractivity contribution is 7.99. The van der Waals surface area contributed by atoms with Gasteiger partial charge in [-0.1, -0.05) is 11.6 Å². The number of thioether (sulfide) groups is 1. The topological polar surface area (TPSA) is 46.2 Å². The highest BCUT2D eigenvalue weighted by atomic mass is 35.5. The van der Waals surface area contributed by atoms with Crippen LogP contribution < -0.4 is 5.32 Å². The first-order chi connectivity index (χ1) is 9.53. The average Bonchev–Trinajstić information content (AvgIpc) is 2.76. The van der Waals surface area contributed by atoms with Gasteiger partial charge in [0.05, 0.1) is 11.5 Å². The van der Waals surface area contributed by atoms with Crippen molar-refractivity contribution in [3.05, 3.63) is 28.8 Å². The van der Waals surface area contributed by atoms with Crippen molar-refractivity contribution in [2.75, 3.05) is 23.8 Å². The van der Waals surface area contributed by atoms with Crippen LogP contribution in [-0.2, 0) is 9.84 Å². The van der Waals surface area contributed by atoms with Crippen molar-refractivity contribution in [2.45, 2.75) is 23.8 Å². The first kappa shape index (κ1) is 14.7. The molecule has 2 atom stereocenters. The molecule has 3 nitrogen and oxygen atoms in total. The molecular formula is C14H18ClNO2S2. The number of hydrogen-bond acceptors (Lipinski definition) is 4. The molecule has 1 saturated heterocycles. The van der Waals surface area contributed by atoms with Gasteiger partial charge in [-0.2, -0.15) is 0 Å².